The maximum atomic E-state index is 13.6. The lowest BCUT2D eigenvalue weighted by Crippen LogP contribution is -2.50. The van der Waals surface area contributed by atoms with Gasteiger partial charge in [-0.1, -0.05) is 37.5 Å². The van der Waals surface area contributed by atoms with Gasteiger partial charge in [0.25, 0.3) is 5.91 Å². The number of hydrogen-bond donors (Lipinski definition) is 0. The van der Waals surface area contributed by atoms with Gasteiger partial charge in [0.05, 0.1) is 11.5 Å². The number of benzene rings is 1. The SMILES string of the molecule is O=C(/C=C/c1ccccc1F)OCC(=O)N(C1CCCCC1)[C@@H]1CCS(=O)(=O)C1. The Bertz CT molecular complexity index is 877. The molecule has 0 unspecified atom stereocenters. The zero-order chi connectivity index (χ0) is 20.9. The summed E-state index contributed by atoms with van der Waals surface area (Å²) in [4.78, 5) is 26.5. The fraction of sp³-hybridized carbons (Fsp3) is 0.524. The number of carbonyl (C=O) groups is 2. The van der Waals surface area contributed by atoms with Crippen molar-refractivity contribution in [1.82, 2.24) is 4.90 Å². The second kappa shape index (κ2) is 9.52. The van der Waals surface area contributed by atoms with E-state index in [9.17, 15) is 22.4 Å². The Morgan fingerprint density at radius 1 is 1.10 bits per heavy atom. The second-order valence-electron chi connectivity index (χ2n) is 7.61. The molecule has 158 valence electrons. The van der Waals surface area contributed by atoms with Crippen LogP contribution in [0.3, 0.4) is 0 Å². The molecule has 1 atom stereocenters. The van der Waals surface area contributed by atoms with Gasteiger partial charge in [0.1, 0.15) is 5.82 Å². The zero-order valence-corrected chi connectivity index (χ0v) is 17.1. The minimum Gasteiger partial charge on any atom is -0.452 e. The molecule has 0 spiro atoms. The smallest absolute Gasteiger partial charge is 0.331 e. The lowest BCUT2D eigenvalue weighted by molar-refractivity contribution is -0.151. The molecule has 0 aromatic heterocycles. The van der Waals surface area contributed by atoms with Crippen LogP contribution in [0.4, 0.5) is 4.39 Å². The first kappa shape index (κ1) is 21.5. The molecule has 0 bridgehead atoms. The number of nitrogens with zero attached hydrogens (tertiary/aromatic N) is 1. The maximum Gasteiger partial charge on any atom is 0.331 e. The molecule has 1 saturated carbocycles. The first-order valence-corrected chi connectivity index (χ1v) is 11.8. The van der Waals surface area contributed by atoms with Gasteiger partial charge >= 0.3 is 5.97 Å². The summed E-state index contributed by atoms with van der Waals surface area (Å²) in [5.41, 5.74) is 0.246. The van der Waals surface area contributed by atoms with Crippen molar-refractivity contribution < 1.29 is 27.1 Å². The highest BCUT2D eigenvalue weighted by molar-refractivity contribution is 7.91. The molecular weight excluding hydrogens is 397 g/mol. The summed E-state index contributed by atoms with van der Waals surface area (Å²) in [5, 5.41) is 0. The third-order valence-electron chi connectivity index (χ3n) is 5.50. The molecule has 6 nitrogen and oxygen atoms in total. The van der Waals surface area contributed by atoms with Crippen LogP contribution in [0.5, 0.6) is 0 Å². The van der Waals surface area contributed by atoms with Crippen LogP contribution in [-0.2, 0) is 24.2 Å². The lowest BCUT2D eigenvalue weighted by atomic mass is 9.93. The zero-order valence-electron chi connectivity index (χ0n) is 16.3. The topological polar surface area (TPSA) is 80.8 Å². The highest BCUT2D eigenvalue weighted by Crippen LogP contribution is 2.28. The standard InChI is InChI=1S/C21H26FNO5S/c22-19-9-5-4-6-16(19)10-11-21(25)28-14-20(24)23(17-7-2-1-3-8-17)18-12-13-29(26,27)15-18/h4-6,9-11,17-18H,1-3,7-8,12-15H2/b11-10+/t18-/m1/s1. The molecule has 1 aliphatic carbocycles. The van der Waals surface area contributed by atoms with Crippen LogP contribution in [0.15, 0.2) is 30.3 Å². The van der Waals surface area contributed by atoms with Crippen molar-refractivity contribution in [1.29, 1.82) is 0 Å². The van der Waals surface area contributed by atoms with Crippen LogP contribution in [0, 0.1) is 5.82 Å². The highest BCUT2D eigenvalue weighted by Gasteiger charge is 2.38. The van der Waals surface area contributed by atoms with Crippen LogP contribution in [0.1, 0.15) is 44.1 Å². The minimum atomic E-state index is -3.14. The van der Waals surface area contributed by atoms with E-state index in [4.69, 9.17) is 4.74 Å². The van der Waals surface area contributed by atoms with Gasteiger partial charge < -0.3 is 9.64 Å². The van der Waals surface area contributed by atoms with E-state index in [1.165, 1.54) is 18.2 Å². The average Bonchev–Trinajstić information content (AvgIpc) is 3.06. The molecule has 2 aliphatic rings. The van der Waals surface area contributed by atoms with E-state index in [0.717, 1.165) is 38.2 Å². The van der Waals surface area contributed by atoms with Gasteiger partial charge in [-0.15, -0.1) is 0 Å². The van der Waals surface area contributed by atoms with Crippen LogP contribution < -0.4 is 0 Å². The monoisotopic (exact) mass is 423 g/mol. The number of rotatable bonds is 6. The number of ether oxygens (including phenoxy) is 1. The lowest BCUT2D eigenvalue weighted by Gasteiger charge is -2.38. The minimum absolute atomic E-state index is 0.0118. The fourth-order valence-corrected chi connectivity index (χ4v) is 5.79. The summed E-state index contributed by atoms with van der Waals surface area (Å²) in [6, 6.07) is 5.63. The van der Waals surface area contributed by atoms with E-state index in [-0.39, 0.29) is 35.1 Å². The van der Waals surface area contributed by atoms with Crippen LogP contribution in [0.2, 0.25) is 0 Å². The summed E-state index contributed by atoms with van der Waals surface area (Å²) in [5.74, 6) is -1.52. The average molecular weight is 424 g/mol. The van der Waals surface area contributed by atoms with Gasteiger partial charge in [-0.05, 0) is 31.4 Å². The van der Waals surface area contributed by atoms with Crippen LogP contribution >= 0.6 is 0 Å². The van der Waals surface area contributed by atoms with Crippen molar-refractivity contribution in [2.75, 3.05) is 18.1 Å². The third kappa shape index (κ3) is 5.88. The Labute approximate surface area is 170 Å². The summed E-state index contributed by atoms with van der Waals surface area (Å²) < 4.78 is 42.5. The third-order valence-corrected chi connectivity index (χ3v) is 7.25. The first-order chi connectivity index (χ1) is 13.9. The molecule has 1 saturated heterocycles. The van der Waals surface area contributed by atoms with Gasteiger partial charge in [-0.3, -0.25) is 4.79 Å². The first-order valence-electron chi connectivity index (χ1n) is 9.97. The molecule has 1 heterocycles. The number of esters is 1. The molecule has 2 fully saturated rings. The molecule has 1 aliphatic heterocycles. The summed E-state index contributed by atoms with van der Waals surface area (Å²) in [6.07, 6.45) is 7.58. The Hall–Kier alpha value is -2.22. The van der Waals surface area contributed by atoms with Crippen molar-refractivity contribution in [3.8, 4) is 0 Å². The summed E-state index contributed by atoms with van der Waals surface area (Å²) in [6.45, 7) is -0.451. The van der Waals surface area contributed by atoms with Gasteiger partial charge in [0, 0.05) is 23.7 Å². The molecule has 3 rings (SSSR count). The predicted octanol–water partition coefficient (Wildman–Crippen LogP) is 2.73. The summed E-state index contributed by atoms with van der Waals surface area (Å²) in [7, 11) is -3.14. The van der Waals surface area contributed by atoms with E-state index in [1.54, 1.807) is 17.0 Å². The number of halogens is 1. The number of sulfone groups is 1. The number of carbonyl (C=O) groups excluding carboxylic acids is 2. The quantitative estimate of drug-likeness (QED) is 0.519. The van der Waals surface area contributed by atoms with E-state index in [0.29, 0.717) is 6.42 Å². The Balaban J connectivity index is 1.62. The molecule has 1 amide bonds. The molecule has 0 radical (unpaired) electrons. The van der Waals surface area contributed by atoms with Crippen molar-refractivity contribution in [2.45, 2.75) is 50.6 Å². The van der Waals surface area contributed by atoms with Crippen molar-refractivity contribution in [3.63, 3.8) is 0 Å². The maximum absolute atomic E-state index is 13.6. The Morgan fingerprint density at radius 3 is 2.48 bits per heavy atom. The molecular formula is C21H26FNO5S. The second-order valence-corrected chi connectivity index (χ2v) is 9.84. The normalized spacial score (nSPS) is 21.9. The predicted molar refractivity (Wildman–Crippen MR) is 107 cm³/mol. The van der Waals surface area contributed by atoms with Gasteiger partial charge in [0.15, 0.2) is 16.4 Å². The van der Waals surface area contributed by atoms with Crippen LogP contribution in [-0.4, -0.2) is 55.4 Å². The number of amides is 1. The van der Waals surface area contributed by atoms with Crippen molar-refractivity contribution in [3.05, 3.63) is 41.7 Å². The molecule has 0 N–H and O–H groups in total. The summed E-state index contributed by atoms with van der Waals surface area (Å²) >= 11 is 0. The molecule has 8 heteroatoms. The fourth-order valence-electron chi connectivity index (χ4n) is 4.08. The van der Waals surface area contributed by atoms with E-state index < -0.39 is 28.2 Å². The van der Waals surface area contributed by atoms with Gasteiger partial charge in [-0.2, -0.15) is 0 Å². The van der Waals surface area contributed by atoms with E-state index in [2.05, 4.69) is 0 Å². The number of hydrogen-bond acceptors (Lipinski definition) is 5. The van der Waals surface area contributed by atoms with Crippen LogP contribution in [0.25, 0.3) is 6.08 Å². The van der Waals surface area contributed by atoms with E-state index >= 15 is 0 Å². The van der Waals surface area contributed by atoms with E-state index in [1.807, 2.05) is 0 Å². The van der Waals surface area contributed by atoms with Gasteiger partial charge in [-0.25, -0.2) is 17.6 Å². The highest BCUT2D eigenvalue weighted by atomic mass is 32.2. The van der Waals surface area contributed by atoms with Gasteiger partial charge in [0.2, 0.25) is 0 Å². The Kier molecular flexibility index (Phi) is 7.05. The Morgan fingerprint density at radius 2 is 1.83 bits per heavy atom. The van der Waals surface area contributed by atoms with Crippen molar-refractivity contribution in [2.24, 2.45) is 0 Å². The molecule has 1 aromatic carbocycles. The largest absolute Gasteiger partial charge is 0.452 e. The van der Waals surface area contributed by atoms with Crippen molar-refractivity contribution >= 4 is 27.8 Å². The molecule has 29 heavy (non-hydrogen) atoms. The molecule has 1 aromatic rings.